The molecule has 1 heterocycles. The van der Waals surface area contributed by atoms with Gasteiger partial charge in [-0.05, 0) is 48.5 Å². The first-order chi connectivity index (χ1) is 10.4. The molecule has 0 unspecified atom stereocenters. The summed E-state index contributed by atoms with van der Waals surface area (Å²) in [6, 6.07) is 8.45. The molecule has 4 nitrogen and oxygen atoms in total. The van der Waals surface area contributed by atoms with Crippen molar-refractivity contribution in [3.05, 3.63) is 70.6 Å². The van der Waals surface area contributed by atoms with Gasteiger partial charge in [0.2, 0.25) is 9.84 Å². The number of fused-ring (bicyclic) bond motifs is 1. The number of hydrogen-bond acceptors (Lipinski definition) is 4. The summed E-state index contributed by atoms with van der Waals surface area (Å²) in [5.74, 6) is -1.20. The van der Waals surface area contributed by atoms with Crippen LogP contribution in [0.4, 0.5) is 8.78 Å². The van der Waals surface area contributed by atoms with Crippen molar-refractivity contribution in [1.82, 2.24) is 0 Å². The third-order valence-electron chi connectivity index (χ3n) is 3.08. The number of benzene rings is 2. The van der Waals surface area contributed by atoms with E-state index in [2.05, 4.69) is 0 Å². The zero-order chi connectivity index (χ0) is 15.9. The molecule has 0 aliphatic rings. The summed E-state index contributed by atoms with van der Waals surface area (Å²) in [5, 5.41) is 0.139. The summed E-state index contributed by atoms with van der Waals surface area (Å²) in [5.41, 5.74) is -0.993. The second-order valence-electron chi connectivity index (χ2n) is 4.54. The lowest BCUT2D eigenvalue weighted by atomic mass is 10.2. The molecule has 0 fully saturated rings. The molecule has 2 aromatic carbocycles. The molecule has 0 radical (unpaired) electrons. The maximum Gasteiger partial charge on any atom is 0.355 e. The second kappa shape index (κ2) is 5.03. The number of halogens is 2. The number of sulfone groups is 1. The molecule has 0 saturated carbocycles. The van der Waals surface area contributed by atoms with Crippen LogP contribution in [0.1, 0.15) is 0 Å². The van der Waals surface area contributed by atoms with Gasteiger partial charge in [-0.3, -0.25) is 0 Å². The van der Waals surface area contributed by atoms with Crippen LogP contribution in [0.25, 0.3) is 11.0 Å². The van der Waals surface area contributed by atoms with E-state index in [0.29, 0.717) is 0 Å². The highest BCUT2D eigenvalue weighted by Gasteiger charge is 2.23. The standard InChI is InChI=1S/C15H8F2O4S/c16-10-1-4-12(5-2-10)22(19,20)14-8-9-7-11(17)3-6-13(9)21-15(14)18/h1-8H. The first-order valence-electron chi connectivity index (χ1n) is 6.12. The van der Waals surface area contributed by atoms with Crippen molar-refractivity contribution >= 4 is 20.8 Å². The van der Waals surface area contributed by atoms with Crippen LogP contribution in [0.15, 0.2) is 67.5 Å². The molecule has 0 spiro atoms. The van der Waals surface area contributed by atoms with E-state index in [4.69, 9.17) is 4.42 Å². The zero-order valence-corrected chi connectivity index (χ0v) is 11.7. The number of hydrogen-bond donors (Lipinski definition) is 0. The van der Waals surface area contributed by atoms with Crippen molar-refractivity contribution < 1.29 is 21.6 Å². The van der Waals surface area contributed by atoms with Gasteiger partial charge in [0, 0.05) is 5.39 Å². The van der Waals surface area contributed by atoms with Gasteiger partial charge in [-0.1, -0.05) is 0 Å². The lowest BCUT2D eigenvalue weighted by Crippen LogP contribution is -2.14. The predicted octanol–water partition coefficient (Wildman–Crippen LogP) is 2.90. The summed E-state index contributed by atoms with van der Waals surface area (Å²) < 4.78 is 55.9. The molecule has 0 bridgehead atoms. The second-order valence-corrected chi connectivity index (χ2v) is 6.46. The van der Waals surface area contributed by atoms with Crippen LogP contribution in [0.5, 0.6) is 0 Å². The quantitative estimate of drug-likeness (QED) is 0.537. The van der Waals surface area contributed by atoms with Gasteiger partial charge in [0.15, 0.2) is 4.90 Å². The minimum atomic E-state index is -4.19. The third-order valence-corrected chi connectivity index (χ3v) is 4.83. The monoisotopic (exact) mass is 322 g/mol. The van der Waals surface area contributed by atoms with Crippen LogP contribution in [-0.4, -0.2) is 8.42 Å². The Labute approximate surface area is 123 Å². The van der Waals surface area contributed by atoms with Crippen LogP contribution in [0, 0.1) is 11.6 Å². The van der Waals surface area contributed by atoms with Crippen LogP contribution < -0.4 is 5.63 Å². The Morgan fingerprint density at radius 3 is 2.18 bits per heavy atom. The minimum Gasteiger partial charge on any atom is -0.422 e. The van der Waals surface area contributed by atoms with Crippen LogP contribution in [-0.2, 0) is 9.84 Å². The maximum atomic E-state index is 13.2. The average Bonchev–Trinajstić information content (AvgIpc) is 2.47. The van der Waals surface area contributed by atoms with E-state index in [1.54, 1.807) is 0 Å². The predicted molar refractivity (Wildman–Crippen MR) is 74.3 cm³/mol. The maximum absolute atomic E-state index is 13.2. The Kier molecular flexibility index (Phi) is 3.29. The molecular formula is C15H8F2O4S. The van der Waals surface area contributed by atoms with E-state index in [0.717, 1.165) is 42.5 Å². The van der Waals surface area contributed by atoms with Crippen molar-refractivity contribution in [1.29, 1.82) is 0 Å². The van der Waals surface area contributed by atoms with Gasteiger partial charge < -0.3 is 4.42 Å². The lowest BCUT2D eigenvalue weighted by molar-refractivity contribution is 0.531. The molecule has 0 N–H and O–H groups in total. The average molecular weight is 322 g/mol. The molecule has 0 amide bonds. The van der Waals surface area contributed by atoms with Crippen molar-refractivity contribution in [2.24, 2.45) is 0 Å². The molecule has 22 heavy (non-hydrogen) atoms. The molecule has 0 aliphatic heterocycles. The first kappa shape index (κ1) is 14.4. The van der Waals surface area contributed by atoms with Gasteiger partial charge in [-0.15, -0.1) is 0 Å². The fourth-order valence-electron chi connectivity index (χ4n) is 2.00. The zero-order valence-electron chi connectivity index (χ0n) is 10.9. The Morgan fingerprint density at radius 2 is 1.50 bits per heavy atom. The fourth-order valence-corrected chi connectivity index (χ4v) is 3.29. The largest absolute Gasteiger partial charge is 0.422 e. The summed E-state index contributed by atoms with van der Waals surface area (Å²) in [6.07, 6.45) is 0. The van der Waals surface area contributed by atoms with E-state index in [-0.39, 0.29) is 15.9 Å². The summed E-state index contributed by atoms with van der Waals surface area (Å²) >= 11 is 0. The third kappa shape index (κ3) is 2.39. The number of rotatable bonds is 2. The molecule has 112 valence electrons. The van der Waals surface area contributed by atoms with Gasteiger partial charge in [-0.2, -0.15) is 0 Å². The Balaban J connectivity index is 2.26. The smallest absolute Gasteiger partial charge is 0.355 e. The topological polar surface area (TPSA) is 64.3 Å². The molecular weight excluding hydrogens is 314 g/mol. The lowest BCUT2D eigenvalue weighted by Gasteiger charge is -2.04. The van der Waals surface area contributed by atoms with E-state index in [9.17, 15) is 22.0 Å². The Hall–Kier alpha value is -2.54. The molecule has 0 aliphatic carbocycles. The summed E-state index contributed by atoms with van der Waals surface area (Å²) in [4.78, 5) is 11.0. The Bertz CT molecular complexity index is 1020. The van der Waals surface area contributed by atoms with Crippen molar-refractivity contribution in [2.45, 2.75) is 9.79 Å². The summed E-state index contributed by atoms with van der Waals surface area (Å²) in [6.45, 7) is 0. The highest BCUT2D eigenvalue weighted by atomic mass is 32.2. The normalized spacial score (nSPS) is 11.7. The van der Waals surface area contributed by atoms with E-state index in [1.807, 2.05) is 0 Å². The van der Waals surface area contributed by atoms with Crippen molar-refractivity contribution in [3.63, 3.8) is 0 Å². The molecule has 1 aromatic heterocycles. The van der Waals surface area contributed by atoms with Gasteiger partial charge in [-0.25, -0.2) is 22.0 Å². The van der Waals surface area contributed by atoms with Gasteiger partial charge >= 0.3 is 5.63 Å². The fraction of sp³-hybridized carbons (Fsp3) is 0. The molecule has 0 saturated heterocycles. The summed E-state index contributed by atoms with van der Waals surface area (Å²) in [7, 11) is -4.19. The van der Waals surface area contributed by atoms with Gasteiger partial charge in [0.1, 0.15) is 17.2 Å². The van der Waals surface area contributed by atoms with E-state index >= 15 is 0 Å². The highest BCUT2D eigenvalue weighted by Crippen LogP contribution is 2.22. The van der Waals surface area contributed by atoms with Gasteiger partial charge in [0.05, 0.1) is 4.90 Å². The minimum absolute atomic E-state index is 0.0736. The van der Waals surface area contributed by atoms with E-state index < -0.39 is 32.0 Å². The SMILES string of the molecule is O=c1oc2ccc(F)cc2cc1S(=O)(=O)c1ccc(F)cc1. The molecule has 3 aromatic rings. The Morgan fingerprint density at radius 1 is 0.864 bits per heavy atom. The van der Waals surface area contributed by atoms with Gasteiger partial charge in [0.25, 0.3) is 0 Å². The molecule has 7 heteroatoms. The van der Waals surface area contributed by atoms with Crippen molar-refractivity contribution in [2.75, 3.05) is 0 Å². The van der Waals surface area contributed by atoms with Crippen LogP contribution >= 0.6 is 0 Å². The first-order valence-corrected chi connectivity index (χ1v) is 7.60. The van der Waals surface area contributed by atoms with Crippen LogP contribution in [0.2, 0.25) is 0 Å². The van der Waals surface area contributed by atoms with Crippen molar-refractivity contribution in [3.8, 4) is 0 Å². The molecule has 0 atom stereocenters. The van der Waals surface area contributed by atoms with Crippen LogP contribution in [0.3, 0.4) is 0 Å². The molecule has 3 rings (SSSR count). The highest BCUT2D eigenvalue weighted by molar-refractivity contribution is 7.91. The van der Waals surface area contributed by atoms with E-state index in [1.165, 1.54) is 6.07 Å².